The molecule has 2 aliphatic carbocycles. The van der Waals surface area contributed by atoms with E-state index in [1.54, 1.807) is 4.90 Å². The van der Waals surface area contributed by atoms with Crippen LogP contribution < -0.4 is 11.1 Å². The van der Waals surface area contributed by atoms with Crippen LogP contribution in [0.5, 0.6) is 0 Å². The van der Waals surface area contributed by atoms with Crippen molar-refractivity contribution in [3.63, 3.8) is 0 Å². The van der Waals surface area contributed by atoms with Crippen LogP contribution in [0.3, 0.4) is 0 Å². The third-order valence-corrected chi connectivity index (χ3v) is 6.71. The molecule has 0 spiro atoms. The summed E-state index contributed by atoms with van der Waals surface area (Å²) >= 11 is 0. The molecule has 144 valence electrons. The van der Waals surface area contributed by atoms with E-state index in [1.165, 1.54) is 11.1 Å². The van der Waals surface area contributed by atoms with Crippen LogP contribution in [-0.2, 0) is 16.0 Å². The van der Waals surface area contributed by atoms with Gasteiger partial charge in [0.15, 0.2) is 0 Å². The first-order chi connectivity index (χ1) is 13.6. The summed E-state index contributed by atoms with van der Waals surface area (Å²) in [4.78, 5) is 28.1. The van der Waals surface area contributed by atoms with Crippen LogP contribution in [0.25, 0.3) is 0 Å². The van der Waals surface area contributed by atoms with Gasteiger partial charge in [-0.15, -0.1) is 0 Å². The van der Waals surface area contributed by atoms with Crippen LogP contribution in [0, 0.1) is 5.92 Å². The number of hydrogen-bond acceptors (Lipinski definition) is 3. The lowest BCUT2D eigenvalue weighted by Crippen LogP contribution is -2.54. The summed E-state index contributed by atoms with van der Waals surface area (Å²) in [5.74, 6) is -0.00245. The average molecular weight is 375 g/mol. The van der Waals surface area contributed by atoms with Crippen LogP contribution in [0.15, 0.2) is 47.4 Å². The van der Waals surface area contributed by atoms with Crippen molar-refractivity contribution < 1.29 is 9.59 Å². The highest BCUT2D eigenvalue weighted by Gasteiger charge is 2.50. The zero-order valence-corrected chi connectivity index (χ0v) is 15.9. The predicted octanol–water partition coefficient (Wildman–Crippen LogP) is 2.14. The van der Waals surface area contributed by atoms with E-state index in [0.29, 0.717) is 12.8 Å². The zero-order valence-electron chi connectivity index (χ0n) is 15.9. The molecule has 0 radical (unpaired) electrons. The molecule has 5 heteroatoms. The number of carbonyl (C=O) groups is 2. The normalized spacial score (nSPS) is 33.0. The highest BCUT2D eigenvalue weighted by Crippen LogP contribution is 2.40. The molecule has 2 heterocycles. The Bertz CT molecular complexity index is 939. The first kappa shape index (κ1) is 17.5. The second-order valence-electron chi connectivity index (χ2n) is 8.37. The lowest BCUT2D eigenvalue weighted by molar-refractivity contribution is -0.141. The molecule has 5 rings (SSSR count). The minimum Gasteiger partial charge on any atom is -0.347 e. The molecular weight excluding hydrogens is 350 g/mol. The van der Waals surface area contributed by atoms with Gasteiger partial charge in [0.25, 0.3) is 0 Å². The number of nitrogens with one attached hydrogen (secondary N) is 1. The third kappa shape index (κ3) is 2.75. The van der Waals surface area contributed by atoms with Gasteiger partial charge >= 0.3 is 0 Å². The lowest BCUT2D eigenvalue weighted by atomic mass is 9.87. The number of nitrogens with two attached hydrogens (primary N) is 1. The van der Waals surface area contributed by atoms with Crippen molar-refractivity contribution in [3.8, 4) is 0 Å². The van der Waals surface area contributed by atoms with Crippen molar-refractivity contribution in [1.82, 2.24) is 10.2 Å². The molecule has 4 aliphatic rings. The van der Waals surface area contributed by atoms with Gasteiger partial charge in [0.2, 0.25) is 11.8 Å². The van der Waals surface area contributed by atoms with Gasteiger partial charge < -0.3 is 16.0 Å². The van der Waals surface area contributed by atoms with Crippen molar-refractivity contribution >= 4 is 11.8 Å². The minimum absolute atomic E-state index is 0.00859. The number of amides is 2. The number of nitrogens with zero attached hydrogens (tertiary/aromatic N) is 1. The summed E-state index contributed by atoms with van der Waals surface area (Å²) in [7, 11) is 0. The summed E-state index contributed by atoms with van der Waals surface area (Å²) < 4.78 is 0. The van der Waals surface area contributed by atoms with E-state index in [1.807, 2.05) is 18.2 Å². The summed E-state index contributed by atoms with van der Waals surface area (Å²) in [6.07, 6.45) is 7.05. The van der Waals surface area contributed by atoms with Crippen molar-refractivity contribution in [2.75, 3.05) is 0 Å². The largest absolute Gasteiger partial charge is 0.347 e. The number of benzene rings is 1. The van der Waals surface area contributed by atoms with Crippen LogP contribution >= 0.6 is 0 Å². The summed E-state index contributed by atoms with van der Waals surface area (Å²) in [5, 5.41) is 3.24. The molecule has 2 saturated heterocycles. The number of hydrogen-bond donors (Lipinski definition) is 2. The average Bonchev–Trinajstić information content (AvgIpc) is 3.06. The summed E-state index contributed by atoms with van der Waals surface area (Å²) in [6.45, 7) is 0. The van der Waals surface area contributed by atoms with Crippen molar-refractivity contribution in [1.29, 1.82) is 0 Å². The summed E-state index contributed by atoms with van der Waals surface area (Å²) in [5.41, 5.74) is 15.9. The maximum Gasteiger partial charge on any atom is 0.243 e. The van der Waals surface area contributed by atoms with Gasteiger partial charge in [0.05, 0.1) is 18.1 Å². The molecule has 0 aromatic heterocycles. The van der Waals surface area contributed by atoms with E-state index in [9.17, 15) is 9.59 Å². The van der Waals surface area contributed by atoms with Crippen molar-refractivity contribution in [2.24, 2.45) is 11.7 Å². The number of fused-ring (bicyclic) bond motifs is 1. The van der Waals surface area contributed by atoms with Gasteiger partial charge in [-0.05, 0) is 49.3 Å². The van der Waals surface area contributed by atoms with E-state index in [0.717, 1.165) is 31.3 Å². The van der Waals surface area contributed by atoms with Crippen LogP contribution in [0.2, 0.25) is 0 Å². The van der Waals surface area contributed by atoms with Gasteiger partial charge in [-0.3, -0.25) is 9.59 Å². The monoisotopic (exact) mass is 375 g/mol. The van der Waals surface area contributed by atoms with Crippen molar-refractivity contribution in [3.05, 3.63) is 58.5 Å². The van der Waals surface area contributed by atoms with Crippen LogP contribution in [0.4, 0.5) is 0 Å². The Morgan fingerprint density at radius 1 is 1.21 bits per heavy atom. The van der Waals surface area contributed by atoms with Gasteiger partial charge in [-0.1, -0.05) is 35.7 Å². The Morgan fingerprint density at radius 3 is 2.96 bits per heavy atom. The van der Waals surface area contributed by atoms with E-state index >= 15 is 0 Å². The standard InChI is InChI=1S/C23H25N3O2/c24-18-12-11-15-7-3-8-16-13-20(26(21(15)16)23(18)28)22(27)25-19-10-4-6-14-5-1-2-9-17(14)19/h1-2,5,7,9,15,18-21H,4,6,10-13,24H2,(H,25,27)/t15?,18-,19?,20-,21?/m0/s1. The Hall–Kier alpha value is -2.58. The molecule has 3 unspecified atom stereocenters. The van der Waals surface area contributed by atoms with E-state index < -0.39 is 12.1 Å². The predicted molar refractivity (Wildman–Crippen MR) is 105 cm³/mol. The maximum atomic E-state index is 13.3. The molecule has 2 aliphatic heterocycles. The maximum absolute atomic E-state index is 13.3. The van der Waals surface area contributed by atoms with Crippen LogP contribution in [0.1, 0.15) is 49.3 Å². The Morgan fingerprint density at radius 2 is 2.07 bits per heavy atom. The smallest absolute Gasteiger partial charge is 0.243 e. The number of carbonyl (C=O) groups excluding carboxylic acids is 2. The first-order valence-corrected chi connectivity index (χ1v) is 10.3. The molecule has 2 amide bonds. The van der Waals surface area contributed by atoms with Gasteiger partial charge in [0, 0.05) is 17.9 Å². The molecule has 2 fully saturated rings. The first-order valence-electron chi connectivity index (χ1n) is 10.3. The molecule has 0 saturated carbocycles. The fourth-order valence-electron chi connectivity index (χ4n) is 5.32. The SMILES string of the molecule is N[C@H]1CCC2C=C=C=C3C[C@@H](C(=O)NC4CCCc5ccccc54)N(C1=O)C32. The minimum atomic E-state index is -0.538. The molecule has 3 N–H and O–H groups in total. The molecule has 0 bridgehead atoms. The van der Waals surface area contributed by atoms with E-state index in [4.69, 9.17) is 5.73 Å². The molecule has 28 heavy (non-hydrogen) atoms. The quantitative estimate of drug-likeness (QED) is 0.778. The fourth-order valence-corrected chi connectivity index (χ4v) is 5.32. The highest BCUT2D eigenvalue weighted by atomic mass is 16.2. The van der Waals surface area contributed by atoms with Crippen LogP contribution in [-0.4, -0.2) is 34.8 Å². The Kier molecular flexibility index (Phi) is 4.25. The topological polar surface area (TPSA) is 75.4 Å². The van der Waals surface area contributed by atoms with Gasteiger partial charge in [-0.25, -0.2) is 0 Å². The van der Waals surface area contributed by atoms with Crippen molar-refractivity contribution in [2.45, 2.75) is 62.7 Å². The van der Waals surface area contributed by atoms with E-state index in [2.05, 4.69) is 28.9 Å². The fraction of sp³-hybridized carbons (Fsp3) is 0.478. The lowest BCUT2D eigenvalue weighted by Gasteiger charge is -2.33. The molecule has 1 aromatic carbocycles. The zero-order chi connectivity index (χ0) is 19.3. The second-order valence-corrected chi connectivity index (χ2v) is 8.37. The highest BCUT2D eigenvalue weighted by molar-refractivity contribution is 5.92. The second kappa shape index (κ2) is 6.79. The molecular formula is C23H25N3O2. The number of rotatable bonds is 2. The van der Waals surface area contributed by atoms with Gasteiger partial charge in [0.1, 0.15) is 6.04 Å². The third-order valence-electron chi connectivity index (χ3n) is 6.71. The number of aryl methyl sites for hydroxylation is 1. The molecule has 1 aromatic rings. The Balaban J connectivity index is 1.43. The Labute approximate surface area is 165 Å². The molecule has 5 atom stereocenters. The molecule has 5 nitrogen and oxygen atoms in total. The van der Waals surface area contributed by atoms with Gasteiger partial charge in [-0.2, -0.15) is 0 Å². The summed E-state index contributed by atoms with van der Waals surface area (Å²) in [6, 6.07) is 7.20. The van der Waals surface area contributed by atoms with E-state index in [-0.39, 0.29) is 29.8 Å².